The fraction of sp³-hybridized carbons (Fsp3) is 0.304. The average molecular weight is 507 g/mol. The van der Waals surface area contributed by atoms with Gasteiger partial charge in [0, 0.05) is 38.4 Å². The molecule has 0 unspecified atom stereocenters. The maximum Gasteiger partial charge on any atom is 0.417 e. The number of hydrogen-bond acceptors (Lipinski definition) is 8. The molecule has 0 atom stereocenters. The number of nitrogens with one attached hydrogen (secondary N) is 1. The van der Waals surface area contributed by atoms with E-state index in [1.165, 1.54) is 18.5 Å². The fourth-order valence-electron chi connectivity index (χ4n) is 4.11. The summed E-state index contributed by atoms with van der Waals surface area (Å²) in [5, 5.41) is 2.48. The van der Waals surface area contributed by atoms with Gasteiger partial charge < -0.3 is 25.4 Å². The summed E-state index contributed by atoms with van der Waals surface area (Å²) in [4.78, 5) is 12.8. The first kappa shape index (κ1) is 23.3. The second-order valence-corrected chi connectivity index (χ2v) is 8.63. The van der Waals surface area contributed by atoms with Crippen molar-refractivity contribution in [2.75, 3.05) is 48.9 Å². The molecule has 0 spiro atoms. The molecule has 1 fully saturated rings. The number of rotatable bonds is 5. The van der Waals surface area contributed by atoms with Crippen LogP contribution in [0.2, 0.25) is 5.02 Å². The smallest absolute Gasteiger partial charge is 0.417 e. The molecule has 3 N–H and O–H groups in total. The van der Waals surface area contributed by atoms with Crippen LogP contribution < -0.4 is 25.4 Å². The largest absolute Gasteiger partial charge is 0.454 e. The molecule has 12 heteroatoms. The lowest BCUT2D eigenvalue weighted by atomic mass is 10.1. The number of nitrogens with two attached hydrogens (primary N) is 1. The monoisotopic (exact) mass is 506 g/mol. The van der Waals surface area contributed by atoms with Crippen molar-refractivity contribution < 1.29 is 22.6 Å². The zero-order valence-electron chi connectivity index (χ0n) is 18.5. The number of halogens is 4. The summed E-state index contributed by atoms with van der Waals surface area (Å²) in [6.07, 6.45) is -3.23. The Bertz CT molecular complexity index is 1230. The van der Waals surface area contributed by atoms with E-state index in [0.717, 1.165) is 42.8 Å². The number of nitrogens with zero attached hydrogens (tertiary/aromatic N) is 4. The third-order valence-corrected chi connectivity index (χ3v) is 6.24. The molecule has 0 bridgehead atoms. The summed E-state index contributed by atoms with van der Waals surface area (Å²) in [6.45, 7) is 3.96. The van der Waals surface area contributed by atoms with Crippen LogP contribution in [-0.2, 0) is 12.7 Å². The predicted octanol–water partition coefficient (Wildman–Crippen LogP) is 4.53. The number of benzene rings is 2. The lowest BCUT2D eigenvalue weighted by molar-refractivity contribution is -0.137. The molecule has 0 radical (unpaired) electrons. The molecule has 35 heavy (non-hydrogen) atoms. The van der Waals surface area contributed by atoms with E-state index in [4.69, 9.17) is 26.8 Å². The Balaban J connectivity index is 1.25. The van der Waals surface area contributed by atoms with Gasteiger partial charge in [0.1, 0.15) is 12.0 Å². The molecule has 1 aromatic heterocycles. The Hall–Kier alpha value is -3.44. The van der Waals surface area contributed by atoms with Crippen molar-refractivity contribution in [1.29, 1.82) is 0 Å². The van der Waals surface area contributed by atoms with Crippen LogP contribution in [0.1, 0.15) is 11.1 Å². The zero-order chi connectivity index (χ0) is 24.6. The third kappa shape index (κ3) is 5.01. The molecule has 0 saturated carbocycles. The number of hydrogen-bond donors (Lipinski definition) is 2. The van der Waals surface area contributed by atoms with E-state index < -0.39 is 11.7 Å². The number of fused-ring (bicyclic) bond motifs is 1. The van der Waals surface area contributed by atoms with E-state index in [0.29, 0.717) is 18.9 Å². The molecule has 2 aliphatic rings. The van der Waals surface area contributed by atoms with Crippen molar-refractivity contribution in [3.05, 3.63) is 58.9 Å². The highest BCUT2D eigenvalue weighted by Crippen LogP contribution is 2.38. The summed E-state index contributed by atoms with van der Waals surface area (Å²) in [7, 11) is 0. The lowest BCUT2D eigenvalue weighted by Crippen LogP contribution is -2.46. The van der Waals surface area contributed by atoms with Crippen LogP contribution in [-0.4, -0.2) is 47.8 Å². The number of alkyl halides is 3. The van der Waals surface area contributed by atoms with Gasteiger partial charge in [-0.15, -0.1) is 0 Å². The fourth-order valence-corrected chi connectivity index (χ4v) is 4.33. The molecular formula is C23H22ClF3N6O2. The van der Waals surface area contributed by atoms with E-state index in [2.05, 4.69) is 20.2 Å². The standard InChI is InChI=1S/C23H22ClF3N6O2/c24-17-3-2-15(10-16(17)23(25,26)27)31-21-20(28)22(30-12-29-21)33-7-5-32(6-8-33)11-14-1-4-18-19(9-14)35-13-34-18/h1-4,9-10,12H,5-8,11,13,28H2,(H,29,30,31). The highest BCUT2D eigenvalue weighted by atomic mass is 35.5. The summed E-state index contributed by atoms with van der Waals surface area (Å²) < 4.78 is 50.4. The summed E-state index contributed by atoms with van der Waals surface area (Å²) in [5.41, 5.74) is 6.95. The molecule has 0 aliphatic carbocycles. The van der Waals surface area contributed by atoms with Crippen LogP contribution in [0.15, 0.2) is 42.7 Å². The Kier molecular flexibility index (Phi) is 6.20. The van der Waals surface area contributed by atoms with Gasteiger partial charge in [0.2, 0.25) is 6.79 Å². The van der Waals surface area contributed by atoms with Gasteiger partial charge in [0.15, 0.2) is 23.1 Å². The van der Waals surface area contributed by atoms with Crippen LogP contribution in [0, 0.1) is 0 Å². The van der Waals surface area contributed by atoms with Crippen molar-refractivity contribution in [1.82, 2.24) is 14.9 Å². The van der Waals surface area contributed by atoms with E-state index in [1.807, 2.05) is 23.1 Å². The number of piperazine rings is 1. The van der Waals surface area contributed by atoms with Crippen LogP contribution >= 0.6 is 11.6 Å². The lowest BCUT2D eigenvalue weighted by Gasteiger charge is -2.36. The summed E-state index contributed by atoms with van der Waals surface area (Å²) >= 11 is 5.71. The maximum atomic E-state index is 13.2. The minimum Gasteiger partial charge on any atom is -0.454 e. The van der Waals surface area contributed by atoms with E-state index in [1.54, 1.807) is 0 Å². The molecule has 1 saturated heterocycles. The molecule has 3 aromatic rings. The first-order valence-corrected chi connectivity index (χ1v) is 11.3. The van der Waals surface area contributed by atoms with E-state index >= 15 is 0 Å². The van der Waals surface area contributed by atoms with Crippen molar-refractivity contribution in [3.8, 4) is 11.5 Å². The Morgan fingerprint density at radius 2 is 1.77 bits per heavy atom. The molecule has 2 aromatic carbocycles. The van der Waals surface area contributed by atoms with Gasteiger partial charge in [0.05, 0.1) is 10.6 Å². The Morgan fingerprint density at radius 3 is 2.54 bits per heavy atom. The maximum absolute atomic E-state index is 13.2. The van der Waals surface area contributed by atoms with Gasteiger partial charge in [-0.1, -0.05) is 17.7 Å². The molecular weight excluding hydrogens is 485 g/mol. The van der Waals surface area contributed by atoms with E-state index in [-0.39, 0.29) is 29.0 Å². The topological polar surface area (TPSA) is 88.8 Å². The predicted molar refractivity (Wildman–Crippen MR) is 126 cm³/mol. The number of anilines is 4. The SMILES string of the molecule is Nc1c(Nc2ccc(Cl)c(C(F)(F)F)c2)ncnc1N1CCN(Cc2ccc3c(c2)OCO3)CC1. The van der Waals surface area contributed by atoms with Crippen LogP contribution in [0.3, 0.4) is 0 Å². The van der Waals surface area contributed by atoms with Gasteiger partial charge in [-0.05, 0) is 35.9 Å². The first-order valence-electron chi connectivity index (χ1n) is 10.9. The number of aromatic nitrogens is 2. The van der Waals surface area contributed by atoms with Crippen LogP contribution in [0.25, 0.3) is 0 Å². The molecule has 3 heterocycles. The average Bonchev–Trinajstić information content (AvgIpc) is 3.29. The molecule has 184 valence electrons. The minimum atomic E-state index is -4.57. The highest BCUT2D eigenvalue weighted by molar-refractivity contribution is 6.31. The first-order chi connectivity index (χ1) is 16.8. The van der Waals surface area contributed by atoms with E-state index in [9.17, 15) is 13.2 Å². The van der Waals surface area contributed by atoms with Crippen molar-refractivity contribution >= 4 is 34.6 Å². The van der Waals surface area contributed by atoms with Crippen molar-refractivity contribution in [3.63, 3.8) is 0 Å². The molecule has 0 amide bonds. The van der Waals surface area contributed by atoms with Gasteiger partial charge >= 0.3 is 6.18 Å². The zero-order valence-corrected chi connectivity index (χ0v) is 19.2. The Labute approximate surface area is 204 Å². The van der Waals surface area contributed by atoms with Gasteiger partial charge in [0.25, 0.3) is 0 Å². The van der Waals surface area contributed by atoms with Crippen LogP contribution in [0.5, 0.6) is 11.5 Å². The second kappa shape index (κ2) is 9.31. The third-order valence-electron chi connectivity index (χ3n) is 5.91. The van der Waals surface area contributed by atoms with Gasteiger partial charge in [-0.2, -0.15) is 13.2 Å². The quantitative estimate of drug-likeness (QED) is 0.522. The van der Waals surface area contributed by atoms with Crippen LogP contribution in [0.4, 0.5) is 36.2 Å². The summed E-state index contributed by atoms with van der Waals surface area (Å²) in [5.74, 6) is 2.29. The summed E-state index contributed by atoms with van der Waals surface area (Å²) in [6, 6.07) is 9.50. The van der Waals surface area contributed by atoms with Gasteiger partial charge in [-0.25, -0.2) is 9.97 Å². The number of nitrogen functional groups attached to an aromatic ring is 1. The molecule has 2 aliphatic heterocycles. The normalized spacial score (nSPS) is 15.9. The Morgan fingerprint density at radius 1 is 1.00 bits per heavy atom. The number of ether oxygens (including phenoxy) is 2. The second-order valence-electron chi connectivity index (χ2n) is 8.23. The highest BCUT2D eigenvalue weighted by Gasteiger charge is 2.33. The van der Waals surface area contributed by atoms with Crippen molar-refractivity contribution in [2.24, 2.45) is 0 Å². The minimum absolute atomic E-state index is 0.173. The van der Waals surface area contributed by atoms with Gasteiger partial charge in [-0.3, -0.25) is 4.90 Å². The molecule has 5 rings (SSSR count). The molecule has 8 nitrogen and oxygen atoms in total. The van der Waals surface area contributed by atoms with Crippen molar-refractivity contribution in [2.45, 2.75) is 12.7 Å².